The average Bonchev–Trinajstić information content (AvgIpc) is 2.44. The smallest absolute Gasteiger partial charge is 0.248 e. The van der Waals surface area contributed by atoms with Crippen molar-refractivity contribution in [1.82, 2.24) is 10.3 Å². The molecule has 1 aromatic carbocycles. The van der Waals surface area contributed by atoms with E-state index < -0.39 is 6.04 Å². The summed E-state index contributed by atoms with van der Waals surface area (Å²) >= 11 is 0. The third-order valence-electron chi connectivity index (χ3n) is 3.16. The number of fused-ring (bicyclic) bond motifs is 1. The molecule has 0 aliphatic rings. The highest BCUT2D eigenvalue weighted by atomic mass is 16.2. The number of aromatic nitrogens is 1. The average molecular weight is 285 g/mol. The molecule has 5 nitrogen and oxygen atoms in total. The Morgan fingerprint density at radius 2 is 1.81 bits per heavy atom. The fourth-order valence-electron chi connectivity index (χ4n) is 2.09. The van der Waals surface area contributed by atoms with Gasteiger partial charge in [0.25, 0.3) is 0 Å². The molecule has 1 atom stereocenters. The number of carbonyl (C=O) groups is 2. The first-order chi connectivity index (χ1) is 9.97. The van der Waals surface area contributed by atoms with Crippen LogP contribution in [0.1, 0.15) is 20.8 Å². The van der Waals surface area contributed by atoms with Gasteiger partial charge in [0, 0.05) is 12.3 Å². The molecule has 0 saturated heterocycles. The van der Waals surface area contributed by atoms with Gasteiger partial charge in [-0.3, -0.25) is 9.59 Å². The molecule has 2 aromatic rings. The highest BCUT2D eigenvalue weighted by Gasteiger charge is 2.23. The number of nitrogens with one attached hydrogen (secondary N) is 2. The summed E-state index contributed by atoms with van der Waals surface area (Å²) in [7, 11) is 0. The summed E-state index contributed by atoms with van der Waals surface area (Å²) in [6.07, 6.45) is 0. The second kappa shape index (κ2) is 6.35. The molecule has 1 aromatic heterocycles. The molecule has 0 spiro atoms. The molecular weight excluding hydrogens is 266 g/mol. The van der Waals surface area contributed by atoms with Crippen LogP contribution in [0, 0.1) is 5.92 Å². The molecule has 110 valence electrons. The largest absolute Gasteiger partial charge is 0.344 e. The second-order valence-corrected chi connectivity index (χ2v) is 5.30. The third-order valence-corrected chi connectivity index (χ3v) is 3.16. The van der Waals surface area contributed by atoms with E-state index in [0.717, 1.165) is 10.9 Å². The highest BCUT2D eigenvalue weighted by Crippen LogP contribution is 2.15. The van der Waals surface area contributed by atoms with Crippen molar-refractivity contribution in [2.75, 3.05) is 5.32 Å². The van der Waals surface area contributed by atoms with Crippen LogP contribution in [0.25, 0.3) is 10.9 Å². The predicted molar refractivity (Wildman–Crippen MR) is 82.8 cm³/mol. The van der Waals surface area contributed by atoms with Gasteiger partial charge in [0.05, 0.1) is 5.52 Å². The minimum atomic E-state index is -0.573. The van der Waals surface area contributed by atoms with Gasteiger partial charge in [-0.15, -0.1) is 0 Å². The molecule has 0 aliphatic heterocycles. The maximum atomic E-state index is 12.3. The number of pyridine rings is 1. The minimum absolute atomic E-state index is 0.00523. The first-order valence-corrected chi connectivity index (χ1v) is 6.91. The van der Waals surface area contributed by atoms with Crippen LogP contribution in [0.4, 0.5) is 5.82 Å². The van der Waals surface area contributed by atoms with Crippen LogP contribution >= 0.6 is 0 Å². The van der Waals surface area contributed by atoms with Gasteiger partial charge in [-0.1, -0.05) is 32.0 Å². The Morgan fingerprint density at radius 1 is 1.10 bits per heavy atom. The van der Waals surface area contributed by atoms with Crippen LogP contribution in [-0.4, -0.2) is 22.8 Å². The van der Waals surface area contributed by atoms with Crippen molar-refractivity contribution < 1.29 is 9.59 Å². The van der Waals surface area contributed by atoms with Gasteiger partial charge in [0.2, 0.25) is 11.8 Å². The lowest BCUT2D eigenvalue weighted by atomic mass is 10.0. The summed E-state index contributed by atoms with van der Waals surface area (Å²) in [5.41, 5.74) is 0.816. The third kappa shape index (κ3) is 3.78. The molecule has 0 bridgehead atoms. The fourth-order valence-corrected chi connectivity index (χ4v) is 2.09. The molecular formula is C16H19N3O2. The van der Waals surface area contributed by atoms with Crippen LogP contribution in [0.15, 0.2) is 36.4 Å². The zero-order valence-corrected chi connectivity index (χ0v) is 12.4. The topological polar surface area (TPSA) is 71.1 Å². The van der Waals surface area contributed by atoms with Gasteiger partial charge in [-0.2, -0.15) is 0 Å². The molecule has 1 heterocycles. The summed E-state index contributed by atoms with van der Waals surface area (Å²) in [6, 6.07) is 10.8. The lowest BCUT2D eigenvalue weighted by Crippen LogP contribution is -2.46. The van der Waals surface area contributed by atoms with E-state index in [1.165, 1.54) is 6.92 Å². The molecule has 2 N–H and O–H groups in total. The van der Waals surface area contributed by atoms with Crippen molar-refractivity contribution in [2.45, 2.75) is 26.8 Å². The normalized spacial score (nSPS) is 12.2. The van der Waals surface area contributed by atoms with E-state index in [2.05, 4.69) is 15.6 Å². The Kier molecular flexibility index (Phi) is 4.52. The highest BCUT2D eigenvalue weighted by molar-refractivity contribution is 5.97. The lowest BCUT2D eigenvalue weighted by Gasteiger charge is -2.20. The Labute approximate surface area is 123 Å². The Balaban J connectivity index is 2.17. The second-order valence-electron chi connectivity index (χ2n) is 5.30. The predicted octanol–water partition coefficient (Wildman–Crippen LogP) is 2.33. The van der Waals surface area contributed by atoms with Gasteiger partial charge in [0.1, 0.15) is 11.9 Å². The van der Waals surface area contributed by atoms with E-state index in [4.69, 9.17) is 0 Å². The van der Waals surface area contributed by atoms with E-state index in [-0.39, 0.29) is 17.7 Å². The molecule has 21 heavy (non-hydrogen) atoms. The Hall–Kier alpha value is -2.43. The van der Waals surface area contributed by atoms with E-state index in [0.29, 0.717) is 5.82 Å². The number of hydrogen-bond acceptors (Lipinski definition) is 3. The summed E-state index contributed by atoms with van der Waals surface area (Å²) in [6.45, 7) is 5.17. The molecule has 0 unspecified atom stereocenters. The number of benzene rings is 1. The van der Waals surface area contributed by atoms with Crippen molar-refractivity contribution in [3.05, 3.63) is 36.4 Å². The molecule has 5 heteroatoms. The van der Waals surface area contributed by atoms with Crippen molar-refractivity contribution in [3.63, 3.8) is 0 Å². The Morgan fingerprint density at radius 3 is 2.48 bits per heavy atom. The SMILES string of the molecule is CC(=O)N[C@@H](C(=O)Nc1ccc2ccccc2n1)C(C)C. The zero-order valence-electron chi connectivity index (χ0n) is 12.4. The number of amides is 2. The van der Waals surface area contributed by atoms with Gasteiger partial charge >= 0.3 is 0 Å². The van der Waals surface area contributed by atoms with Crippen LogP contribution in [0.3, 0.4) is 0 Å². The van der Waals surface area contributed by atoms with Gasteiger partial charge < -0.3 is 10.6 Å². The summed E-state index contributed by atoms with van der Waals surface area (Å²) in [4.78, 5) is 27.8. The molecule has 0 fully saturated rings. The van der Waals surface area contributed by atoms with Gasteiger partial charge in [-0.05, 0) is 24.1 Å². The number of anilines is 1. The maximum absolute atomic E-state index is 12.3. The molecule has 0 aliphatic carbocycles. The monoisotopic (exact) mass is 285 g/mol. The van der Waals surface area contributed by atoms with E-state index >= 15 is 0 Å². The molecule has 2 rings (SSSR count). The number of hydrogen-bond donors (Lipinski definition) is 2. The first kappa shape index (κ1) is 15.0. The zero-order chi connectivity index (χ0) is 15.4. The molecule has 0 radical (unpaired) electrons. The van der Waals surface area contributed by atoms with Crippen LogP contribution in [0.2, 0.25) is 0 Å². The molecule has 2 amide bonds. The van der Waals surface area contributed by atoms with Crippen LogP contribution in [-0.2, 0) is 9.59 Å². The number of rotatable bonds is 4. The van der Waals surface area contributed by atoms with Crippen molar-refractivity contribution in [3.8, 4) is 0 Å². The van der Waals surface area contributed by atoms with E-state index in [1.54, 1.807) is 6.07 Å². The standard InChI is InChI=1S/C16H19N3O2/c1-10(2)15(17-11(3)20)16(21)19-14-9-8-12-6-4-5-7-13(12)18-14/h4-10,15H,1-3H3,(H,17,20)(H,18,19,21)/t15-/m1/s1. The summed E-state index contributed by atoms with van der Waals surface area (Å²) in [5.74, 6) is -0.0117. The minimum Gasteiger partial charge on any atom is -0.344 e. The van der Waals surface area contributed by atoms with Crippen LogP contribution in [0.5, 0.6) is 0 Å². The Bertz CT molecular complexity index is 667. The van der Waals surface area contributed by atoms with E-state index in [1.807, 2.05) is 44.2 Å². The first-order valence-electron chi connectivity index (χ1n) is 6.91. The number of nitrogens with zero attached hydrogens (tertiary/aromatic N) is 1. The van der Waals surface area contributed by atoms with E-state index in [9.17, 15) is 9.59 Å². The number of carbonyl (C=O) groups excluding carboxylic acids is 2. The fraction of sp³-hybridized carbons (Fsp3) is 0.312. The van der Waals surface area contributed by atoms with Crippen molar-refractivity contribution in [1.29, 1.82) is 0 Å². The van der Waals surface area contributed by atoms with Gasteiger partial charge in [-0.25, -0.2) is 4.98 Å². The summed E-state index contributed by atoms with van der Waals surface area (Å²) < 4.78 is 0. The maximum Gasteiger partial charge on any atom is 0.248 e. The molecule has 0 saturated carbocycles. The lowest BCUT2D eigenvalue weighted by molar-refractivity contribution is -0.126. The quantitative estimate of drug-likeness (QED) is 0.905. The number of para-hydroxylation sites is 1. The van der Waals surface area contributed by atoms with Gasteiger partial charge in [0.15, 0.2) is 0 Å². The van der Waals surface area contributed by atoms with Crippen molar-refractivity contribution in [2.24, 2.45) is 5.92 Å². The van der Waals surface area contributed by atoms with Crippen LogP contribution < -0.4 is 10.6 Å². The summed E-state index contributed by atoms with van der Waals surface area (Å²) in [5, 5.41) is 6.43. The van der Waals surface area contributed by atoms with Crippen molar-refractivity contribution >= 4 is 28.5 Å².